The third-order valence-corrected chi connectivity index (χ3v) is 8.41. The number of pyridine rings is 1. The van der Waals surface area contributed by atoms with Crippen molar-refractivity contribution in [1.82, 2.24) is 9.47 Å². The zero-order valence-corrected chi connectivity index (χ0v) is 23.4. The number of nitrogens with zero attached hydrogens (tertiary/aromatic N) is 4. The topological polar surface area (TPSA) is 69.0 Å². The molecule has 2 saturated heterocycles. The van der Waals surface area contributed by atoms with Gasteiger partial charge < -0.3 is 19.5 Å². The van der Waals surface area contributed by atoms with Crippen molar-refractivity contribution in [1.29, 1.82) is 0 Å². The number of halogens is 4. The number of likely N-dealkylation sites (tertiary alicyclic amines) is 1. The van der Waals surface area contributed by atoms with Gasteiger partial charge in [0.25, 0.3) is 0 Å². The lowest BCUT2D eigenvalue weighted by Gasteiger charge is -2.38. The van der Waals surface area contributed by atoms with E-state index in [4.69, 9.17) is 11.6 Å². The van der Waals surface area contributed by atoms with Gasteiger partial charge in [-0.15, -0.1) is 0 Å². The second-order valence-electron chi connectivity index (χ2n) is 10.7. The molecule has 7 nitrogen and oxygen atoms in total. The minimum absolute atomic E-state index is 0.00624. The van der Waals surface area contributed by atoms with Crippen LogP contribution >= 0.6 is 11.6 Å². The van der Waals surface area contributed by atoms with E-state index in [0.29, 0.717) is 32.7 Å². The fourth-order valence-electron chi connectivity index (χ4n) is 5.92. The van der Waals surface area contributed by atoms with Crippen molar-refractivity contribution in [3.05, 3.63) is 98.6 Å². The lowest BCUT2D eigenvalue weighted by Crippen LogP contribution is -2.47. The van der Waals surface area contributed by atoms with Crippen LogP contribution in [0.15, 0.2) is 59.5 Å². The lowest BCUT2D eigenvalue weighted by atomic mass is 10.1. The highest BCUT2D eigenvalue weighted by atomic mass is 35.5. The molecule has 4 aromatic rings. The molecule has 0 aliphatic carbocycles. The number of hydrogen-bond acceptors (Lipinski definition) is 5. The third kappa shape index (κ3) is 5.20. The van der Waals surface area contributed by atoms with Crippen LogP contribution < -0.4 is 15.2 Å². The molecule has 3 aromatic carbocycles. The highest BCUT2D eigenvalue weighted by Crippen LogP contribution is 2.38. The summed E-state index contributed by atoms with van der Waals surface area (Å²) in [7, 11) is 0. The number of carboxylic acid groups (broad SMARTS) is 1. The van der Waals surface area contributed by atoms with E-state index in [1.165, 1.54) is 28.8 Å². The molecule has 0 unspecified atom stereocenters. The Bertz CT molecular complexity index is 1730. The van der Waals surface area contributed by atoms with Crippen molar-refractivity contribution < 1.29 is 23.1 Å². The Hall–Kier alpha value is -4.02. The average Bonchev–Trinajstić information content (AvgIpc) is 3.48. The summed E-state index contributed by atoms with van der Waals surface area (Å²) in [5.74, 6) is -3.26. The number of hydrogen-bond donors (Lipinski definition) is 1. The number of anilines is 2. The Balaban J connectivity index is 1.41. The molecular formula is C31H28ClF3N4O3. The van der Waals surface area contributed by atoms with Gasteiger partial charge in [-0.25, -0.2) is 18.0 Å². The molecule has 6 rings (SSSR count). The molecule has 42 heavy (non-hydrogen) atoms. The lowest BCUT2D eigenvalue weighted by molar-refractivity contribution is 0.0695. The summed E-state index contributed by atoms with van der Waals surface area (Å²) in [6, 6.07) is 11.8. The predicted molar refractivity (Wildman–Crippen MR) is 157 cm³/mol. The largest absolute Gasteiger partial charge is 0.477 e. The van der Waals surface area contributed by atoms with Gasteiger partial charge in [0.15, 0.2) is 0 Å². The Kier molecular flexibility index (Phi) is 7.59. The maximum atomic E-state index is 15.6. The quantitative estimate of drug-likeness (QED) is 0.309. The van der Waals surface area contributed by atoms with Gasteiger partial charge in [0.2, 0.25) is 5.43 Å². The molecule has 0 spiro atoms. The van der Waals surface area contributed by atoms with E-state index in [-0.39, 0.29) is 33.1 Å². The zero-order chi connectivity index (χ0) is 29.5. The third-order valence-electron chi connectivity index (χ3n) is 8.05. The molecule has 218 valence electrons. The highest BCUT2D eigenvalue weighted by molar-refractivity contribution is 6.38. The summed E-state index contributed by atoms with van der Waals surface area (Å²) >= 11 is 6.83. The summed E-state index contributed by atoms with van der Waals surface area (Å²) in [4.78, 5) is 31.1. The fourth-order valence-corrected chi connectivity index (χ4v) is 6.32. The second kappa shape index (κ2) is 11.3. The van der Waals surface area contributed by atoms with E-state index >= 15 is 8.78 Å². The number of piperazine rings is 1. The summed E-state index contributed by atoms with van der Waals surface area (Å²) in [6.45, 7) is 4.21. The van der Waals surface area contributed by atoms with Crippen LogP contribution in [0.4, 0.5) is 24.5 Å². The van der Waals surface area contributed by atoms with Crippen molar-refractivity contribution in [3.63, 3.8) is 0 Å². The van der Waals surface area contributed by atoms with Crippen molar-refractivity contribution in [3.8, 4) is 5.69 Å². The molecule has 2 fully saturated rings. The van der Waals surface area contributed by atoms with Crippen LogP contribution in [0.5, 0.6) is 0 Å². The Morgan fingerprint density at radius 3 is 2.17 bits per heavy atom. The minimum atomic E-state index is -1.51. The van der Waals surface area contributed by atoms with Crippen molar-refractivity contribution >= 4 is 39.8 Å². The number of carboxylic acids is 1. The molecule has 2 aliphatic heterocycles. The van der Waals surface area contributed by atoms with Crippen LogP contribution in [0.1, 0.15) is 28.8 Å². The molecule has 0 saturated carbocycles. The number of fused-ring (bicyclic) bond motifs is 1. The van der Waals surface area contributed by atoms with Gasteiger partial charge in [0.05, 0.1) is 27.3 Å². The van der Waals surface area contributed by atoms with Gasteiger partial charge in [-0.2, -0.15) is 0 Å². The van der Waals surface area contributed by atoms with E-state index in [0.717, 1.165) is 49.4 Å². The van der Waals surface area contributed by atoms with Crippen molar-refractivity contribution in [2.24, 2.45) is 0 Å². The van der Waals surface area contributed by atoms with Crippen LogP contribution in [-0.2, 0) is 6.54 Å². The number of aromatic nitrogens is 1. The van der Waals surface area contributed by atoms with Crippen molar-refractivity contribution in [2.45, 2.75) is 19.4 Å². The van der Waals surface area contributed by atoms with Crippen LogP contribution in [0, 0.1) is 17.5 Å². The Morgan fingerprint density at radius 2 is 1.52 bits per heavy atom. The van der Waals surface area contributed by atoms with E-state index in [9.17, 15) is 19.1 Å². The van der Waals surface area contributed by atoms with Gasteiger partial charge in [0, 0.05) is 44.6 Å². The summed E-state index contributed by atoms with van der Waals surface area (Å²) in [5, 5.41) is 9.35. The Labute approximate surface area is 244 Å². The van der Waals surface area contributed by atoms with E-state index in [2.05, 4.69) is 4.90 Å². The second-order valence-corrected chi connectivity index (χ2v) is 11.1. The molecule has 0 amide bonds. The molecule has 3 heterocycles. The Morgan fingerprint density at radius 1 is 0.857 bits per heavy atom. The first-order valence-corrected chi connectivity index (χ1v) is 14.2. The fraction of sp³-hybridized carbons (Fsp3) is 0.290. The summed E-state index contributed by atoms with van der Waals surface area (Å²) in [6.07, 6.45) is 3.24. The number of carbonyl (C=O) groups is 1. The van der Waals surface area contributed by atoms with Crippen LogP contribution in [0.3, 0.4) is 0 Å². The first-order valence-electron chi connectivity index (χ1n) is 13.8. The van der Waals surface area contributed by atoms with E-state index in [1.54, 1.807) is 23.1 Å². The number of rotatable bonds is 6. The van der Waals surface area contributed by atoms with Gasteiger partial charge in [-0.3, -0.25) is 9.69 Å². The maximum absolute atomic E-state index is 15.6. The smallest absolute Gasteiger partial charge is 0.341 e. The molecule has 2 aliphatic rings. The van der Waals surface area contributed by atoms with Crippen LogP contribution in [0.2, 0.25) is 5.02 Å². The molecule has 0 bridgehead atoms. The van der Waals surface area contributed by atoms with Crippen LogP contribution in [-0.4, -0.2) is 59.8 Å². The summed E-state index contributed by atoms with van der Waals surface area (Å²) < 4.78 is 45.9. The maximum Gasteiger partial charge on any atom is 0.341 e. The molecule has 0 radical (unpaired) electrons. The van der Waals surface area contributed by atoms with Crippen LogP contribution in [0.25, 0.3) is 16.6 Å². The molecule has 1 aromatic heterocycles. The van der Waals surface area contributed by atoms with Gasteiger partial charge >= 0.3 is 5.97 Å². The normalized spacial score (nSPS) is 16.0. The monoisotopic (exact) mass is 596 g/mol. The predicted octanol–water partition coefficient (Wildman–Crippen LogP) is 5.68. The SMILES string of the molecule is O=C(O)c1cn(-c2ccc(CN3CCCC3)cc2F)c2c(Cl)c(N3CCN(c4ccc(F)cc4)CC3)c(F)cc2c1=O. The van der Waals surface area contributed by atoms with E-state index in [1.807, 2.05) is 4.90 Å². The summed E-state index contributed by atoms with van der Waals surface area (Å²) in [5.41, 5.74) is 0.125. The van der Waals surface area contributed by atoms with Crippen molar-refractivity contribution in [2.75, 3.05) is 49.1 Å². The first-order chi connectivity index (χ1) is 20.2. The standard InChI is InChI=1S/C31H28ClF3N4O3/c32-27-28-22(16-25(35)29(27)38-13-11-37(12-14-38)21-6-4-20(33)5-7-21)30(40)23(31(41)42)18-39(28)26-8-3-19(15-24(26)34)17-36-9-1-2-10-36/h3-8,15-16,18H,1-2,9-14,17H2,(H,41,42). The van der Waals surface area contributed by atoms with Gasteiger partial charge in [0.1, 0.15) is 23.0 Å². The van der Waals surface area contributed by atoms with E-state index < -0.39 is 28.6 Å². The molecular weight excluding hydrogens is 569 g/mol. The average molecular weight is 597 g/mol. The first kappa shape index (κ1) is 28.1. The van der Waals surface area contributed by atoms with Gasteiger partial charge in [-0.1, -0.05) is 17.7 Å². The van der Waals surface area contributed by atoms with Gasteiger partial charge in [-0.05, 0) is 74.0 Å². The number of aromatic carboxylic acids is 1. The zero-order valence-electron chi connectivity index (χ0n) is 22.6. The highest BCUT2D eigenvalue weighted by Gasteiger charge is 2.27. The minimum Gasteiger partial charge on any atom is -0.477 e. The molecule has 11 heteroatoms. The molecule has 1 N–H and O–H groups in total. The number of benzene rings is 3. The molecule has 0 atom stereocenters.